The molecule has 1 aromatic heterocycles. The fraction of sp³-hybridized carbons (Fsp3) is 0.176. The molecule has 0 spiro atoms. The fourth-order valence-corrected chi connectivity index (χ4v) is 2.40. The monoisotopic (exact) mass is 263 g/mol. The molecule has 0 radical (unpaired) electrons. The van der Waals surface area contributed by atoms with Crippen molar-refractivity contribution in [3.05, 3.63) is 59.4 Å². The molecule has 0 fully saturated rings. The van der Waals surface area contributed by atoms with Crippen LogP contribution in [0.3, 0.4) is 0 Å². The maximum atomic E-state index is 4.40. The second-order valence-corrected chi connectivity index (χ2v) is 5.13. The number of aryl methyl sites for hydroxylation is 3. The van der Waals surface area contributed by atoms with Crippen LogP contribution in [0.2, 0.25) is 0 Å². The van der Waals surface area contributed by atoms with E-state index in [1.165, 1.54) is 16.7 Å². The zero-order valence-corrected chi connectivity index (χ0v) is 11.9. The van der Waals surface area contributed by atoms with Gasteiger partial charge >= 0.3 is 0 Å². The van der Waals surface area contributed by atoms with Gasteiger partial charge < -0.3 is 5.32 Å². The molecule has 0 aliphatic rings. The van der Waals surface area contributed by atoms with E-state index in [1.807, 2.05) is 6.07 Å². The van der Waals surface area contributed by atoms with Crippen LogP contribution in [-0.4, -0.2) is 9.97 Å². The van der Waals surface area contributed by atoms with Gasteiger partial charge in [0.05, 0.1) is 5.52 Å². The Bertz CT molecular complexity index is 758. The molecule has 3 aromatic rings. The van der Waals surface area contributed by atoms with Crippen molar-refractivity contribution in [2.24, 2.45) is 0 Å². The van der Waals surface area contributed by atoms with E-state index in [0.717, 1.165) is 22.4 Å². The van der Waals surface area contributed by atoms with Crippen molar-refractivity contribution in [2.75, 3.05) is 5.32 Å². The Labute approximate surface area is 118 Å². The van der Waals surface area contributed by atoms with E-state index >= 15 is 0 Å². The topological polar surface area (TPSA) is 37.8 Å². The summed E-state index contributed by atoms with van der Waals surface area (Å²) in [7, 11) is 0. The van der Waals surface area contributed by atoms with Crippen molar-refractivity contribution in [1.82, 2.24) is 9.97 Å². The molecule has 0 aliphatic heterocycles. The number of nitrogens with zero attached hydrogens (tertiary/aromatic N) is 2. The Balaban J connectivity index is 2.13. The summed E-state index contributed by atoms with van der Waals surface area (Å²) in [6.07, 6.45) is 1.60. The molecule has 3 nitrogen and oxygen atoms in total. The predicted octanol–water partition coefficient (Wildman–Crippen LogP) is 4.30. The van der Waals surface area contributed by atoms with Crippen LogP contribution in [0.25, 0.3) is 10.9 Å². The van der Waals surface area contributed by atoms with Gasteiger partial charge in [0.1, 0.15) is 12.1 Å². The number of hydrogen-bond donors (Lipinski definition) is 1. The number of rotatable bonds is 2. The molecule has 2 aromatic carbocycles. The minimum absolute atomic E-state index is 0.858. The summed E-state index contributed by atoms with van der Waals surface area (Å²) in [5.41, 5.74) is 5.71. The Morgan fingerprint density at radius 2 is 1.65 bits per heavy atom. The smallest absolute Gasteiger partial charge is 0.141 e. The molecule has 1 N–H and O–H groups in total. The first-order valence-corrected chi connectivity index (χ1v) is 6.70. The molecule has 0 saturated heterocycles. The quantitative estimate of drug-likeness (QED) is 0.749. The van der Waals surface area contributed by atoms with Crippen LogP contribution in [-0.2, 0) is 0 Å². The van der Waals surface area contributed by atoms with E-state index in [9.17, 15) is 0 Å². The minimum Gasteiger partial charge on any atom is -0.339 e. The van der Waals surface area contributed by atoms with Crippen LogP contribution in [0.1, 0.15) is 16.7 Å². The first-order chi connectivity index (χ1) is 9.65. The predicted molar refractivity (Wildman–Crippen MR) is 83.5 cm³/mol. The van der Waals surface area contributed by atoms with E-state index < -0.39 is 0 Å². The Kier molecular flexibility index (Phi) is 3.11. The second kappa shape index (κ2) is 4.93. The average molecular weight is 263 g/mol. The van der Waals surface area contributed by atoms with Gasteiger partial charge in [-0.3, -0.25) is 0 Å². The maximum Gasteiger partial charge on any atom is 0.141 e. The zero-order valence-electron chi connectivity index (χ0n) is 11.9. The highest BCUT2D eigenvalue weighted by Crippen LogP contribution is 2.27. The van der Waals surface area contributed by atoms with E-state index in [1.54, 1.807) is 6.33 Å². The molecule has 100 valence electrons. The van der Waals surface area contributed by atoms with E-state index in [2.05, 4.69) is 66.4 Å². The van der Waals surface area contributed by atoms with Gasteiger partial charge in [0.25, 0.3) is 0 Å². The van der Waals surface area contributed by atoms with Crippen LogP contribution >= 0.6 is 0 Å². The van der Waals surface area contributed by atoms with Gasteiger partial charge in [-0.05, 0) is 44.0 Å². The van der Waals surface area contributed by atoms with Crippen molar-refractivity contribution in [3.63, 3.8) is 0 Å². The number of benzene rings is 2. The molecule has 0 atom stereocenters. The normalized spacial score (nSPS) is 10.8. The van der Waals surface area contributed by atoms with Crippen molar-refractivity contribution >= 4 is 22.4 Å². The molecule has 0 aliphatic carbocycles. The number of fused-ring (bicyclic) bond motifs is 1. The van der Waals surface area contributed by atoms with E-state index in [0.29, 0.717) is 0 Å². The average Bonchev–Trinajstić information content (AvgIpc) is 2.43. The minimum atomic E-state index is 0.858. The van der Waals surface area contributed by atoms with Crippen molar-refractivity contribution < 1.29 is 0 Å². The van der Waals surface area contributed by atoms with Crippen LogP contribution in [0.15, 0.2) is 42.7 Å². The van der Waals surface area contributed by atoms with Gasteiger partial charge in [0.15, 0.2) is 0 Å². The molecule has 0 bridgehead atoms. The zero-order chi connectivity index (χ0) is 14.1. The molecular formula is C17H17N3. The molecule has 1 heterocycles. The number of nitrogens with one attached hydrogen (secondary N) is 1. The van der Waals surface area contributed by atoms with E-state index in [-0.39, 0.29) is 0 Å². The third-order valence-corrected chi connectivity index (χ3v) is 3.52. The second-order valence-electron chi connectivity index (χ2n) is 5.13. The van der Waals surface area contributed by atoms with Crippen molar-refractivity contribution in [2.45, 2.75) is 20.8 Å². The molecule has 3 heteroatoms. The first kappa shape index (κ1) is 12.6. The van der Waals surface area contributed by atoms with Gasteiger partial charge in [-0.25, -0.2) is 9.97 Å². The highest BCUT2D eigenvalue weighted by Gasteiger charge is 2.07. The lowest BCUT2D eigenvalue weighted by molar-refractivity contribution is 1.21. The summed E-state index contributed by atoms with van der Waals surface area (Å²) in [5.74, 6) is 0.858. The molecular weight excluding hydrogens is 246 g/mol. The third-order valence-electron chi connectivity index (χ3n) is 3.52. The van der Waals surface area contributed by atoms with Crippen LogP contribution < -0.4 is 5.32 Å². The lowest BCUT2D eigenvalue weighted by Gasteiger charge is -2.13. The summed E-state index contributed by atoms with van der Waals surface area (Å²) in [6, 6.07) is 12.5. The Hall–Kier alpha value is -2.42. The highest BCUT2D eigenvalue weighted by molar-refractivity contribution is 5.91. The molecule has 0 unspecified atom stereocenters. The van der Waals surface area contributed by atoms with Crippen molar-refractivity contribution in [3.8, 4) is 0 Å². The van der Waals surface area contributed by atoms with Gasteiger partial charge in [-0.1, -0.05) is 29.8 Å². The highest BCUT2D eigenvalue weighted by atomic mass is 15.0. The molecule has 0 amide bonds. The Morgan fingerprint density at radius 1 is 0.900 bits per heavy atom. The number of aromatic nitrogens is 2. The van der Waals surface area contributed by atoms with Crippen molar-refractivity contribution in [1.29, 1.82) is 0 Å². The summed E-state index contributed by atoms with van der Waals surface area (Å²) < 4.78 is 0. The summed E-state index contributed by atoms with van der Waals surface area (Å²) in [5, 5.41) is 4.51. The number of anilines is 2. The van der Waals surface area contributed by atoms with Gasteiger partial charge in [0.2, 0.25) is 0 Å². The summed E-state index contributed by atoms with van der Waals surface area (Å²) in [6.45, 7) is 6.28. The molecule has 0 saturated carbocycles. The van der Waals surface area contributed by atoms with Crippen LogP contribution in [0, 0.1) is 20.8 Å². The fourth-order valence-electron chi connectivity index (χ4n) is 2.40. The van der Waals surface area contributed by atoms with Gasteiger partial charge in [-0.15, -0.1) is 0 Å². The van der Waals surface area contributed by atoms with Crippen LogP contribution in [0.4, 0.5) is 11.5 Å². The number of para-hydroxylation sites is 1. The SMILES string of the molecule is Cc1ccc2ncnc(Nc3c(C)cccc3C)c2c1. The first-order valence-electron chi connectivity index (χ1n) is 6.70. The maximum absolute atomic E-state index is 4.40. The lowest BCUT2D eigenvalue weighted by Crippen LogP contribution is -1.99. The Morgan fingerprint density at radius 3 is 2.40 bits per heavy atom. The lowest BCUT2D eigenvalue weighted by atomic mass is 10.1. The van der Waals surface area contributed by atoms with E-state index in [4.69, 9.17) is 0 Å². The van der Waals surface area contributed by atoms with Crippen LogP contribution in [0.5, 0.6) is 0 Å². The molecule has 3 rings (SSSR count). The largest absolute Gasteiger partial charge is 0.339 e. The summed E-state index contributed by atoms with van der Waals surface area (Å²) in [4.78, 5) is 8.72. The van der Waals surface area contributed by atoms with Gasteiger partial charge in [-0.2, -0.15) is 0 Å². The summed E-state index contributed by atoms with van der Waals surface area (Å²) >= 11 is 0. The van der Waals surface area contributed by atoms with Gasteiger partial charge in [0, 0.05) is 11.1 Å². The third kappa shape index (κ3) is 2.23. The standard InChI is InChI=1S/C17H17N3/c1-11-7-8-15-14(9-11)17(19-10-18-15)20-16-12(2)5-4-6-13(16)3/h4-10H,1-3H3,(H,18,19,20). The molecule has 20 heavy (non-hydrogen) atoms. The number of hydrogen-bond acceptors (Lipinski definition) is 3.